The van der Waals surface area contributed by atoms with Crippen LogP contribution in [0.5, 0.6) is 5.75 Å². The topological polar surface area (TPSA) is 42.3 Å². The van der Waals surface area contributed by atoms with Gasteiger partial charge < -0.3 is 10.1 Å². The van der Waals surface area contributed by atoms with E-state index in [1.807, 2.05) is 35.1 Å². The number of aromatic nitrogens is 2. The highest BCUT2D eigenvalue weighted by molar-refractivity contribution is 5.85. The molecule has 1 aliphatic heterocycles. The van der Waals surface area contributed by atoms with Crippen molar-refractivity contribution in [3.63, 3.8) is 0 Å². The van der Waals surface area contributed by atoms with Crippen LogP contribution in [-0.2, 0) is 6.54 Å². The molecule has 1 aliphatic rings. The highest BCUT2D eigenvalue weighted by atomic mass is 35.5. The van der Waals surface area contributed by atoms with Crippen LogP contribution >= 0.6 is 12.4 Å². The highest BCUT2D eigenvalue weighted by Gasteiger charge is 2.19. The van der Waals surface area contributed by atoms with E-state index in [1.54, 1.807) is 7.11 Å². The molecule has 0 aliphatic carbocycles. The molecule has 2 heterocycles. The summed E-state index contributed by atoms with van der Waals surface area (Å²) in [7, 11) is 3.90. The molecule has 2 aromatic rings. The molecule has 6 heteroatoms. The van der Waals surface area contributed by atoms with Crippen LogP contribution in [0.15, 0.2) is 36.5 Å². The molecule has 126 valence electrons. The average molecular weight is 337 g/mol. The second-order valence-corrected chi connectivity index (χ2v) is 5.80. The van der Waals surface area contributed by atoms with Crippen LogP contribution in [0.1, 0.15) is 18.5 Å². The Bertz CT molecular complexity index is 610. The summed E-state index contributed by atoms with van der Waals surface area (Å²) in [4.78, 5) is 2.43. The second-order valence-electron chi connectivity index (χ2n) is 5.80. The zero-order valence-electron chi connectivity index (χ0n) is 13.7. The van der Waals surface area contributed by atoms with Crippen LogP contribution in [0.2, 0.25) is 0 Å². The number of nitrogens with one attached hydrogen (secondary N) is 1. The number of hydrogen-bond donors (Lipinski definition) is 1. The fourth-order valence-corrected chi connectivity index (χ4v) is 3.10. The SMILES string of the molecule is COc1ccccc1-n1nccc1CN(C)C1CCNCC1.Cl. The Hall–Kier alpha value is -1.56. The quantitative estimate of drug-likeness (QED) is 0.911. The third kappa shape index (κ3) is 4.05. The number of nitrogens with zero attached hydrogens (tertiary/aromatic N) is 3. The maximum atomic E-state index is 5.46. The van der Waals surface area contributed by atoms with Gasteiger partial charge >= 0.3 is 0 Å². The van der Waals surface area contributed by atoms with E-state index < -0.39 is 0 Å². The van der Waals surface area contributed by atoms with Gasteiger partial charge in [-0.05, 0) is 51.2 Å². The first-order valence-corrected chi connectivity index (χ1v) is 7.87. The number of halogens is 1. The van der Waals surface area contributed by atoms with Gasteiger partial charge in [-0.25, -0.2) is 4.68 Å². The minimum absolute atomic E-state index is 0. The minimum atomic E-state index is 0. The fraction of sp³-hybridized carbons (Fsp3) is 0.471. The van der Waals surface area contributed by atoms with Gasteiger partial charge in [0.2, 0.25) is 0 Å². The summed E-state index contributed by atoms with van der Waals surface area (Å²) < 4.78 is 7.45. The van der Waals surface area contributed by atoms with Gasteiger partial charge in [-0.2, -0.15) is 5.10 Å². The van der Waals surface area contributed by atoms with Crippen LogP contribution in [0.3, 0.4) is 0 Å². The van der Waals surface area contributed by atoms with Crippen molar-refractivity contribution >= 4 is 12.4 Å². The monoisotopic (exact) mass is 336 g/mol. The zero-order chi connectivity index (χ0) is 15.4. The Labute approximate surface area is 144 Å². The molecule has 23 heavy (non-hydrogen) atoms. The van der Waals surface area contributed by atoms with Crippen molar-refractivity contribution in [2.24, 2.45) is 0 Å². The first-order chi connectivity index (χ1) is 10.8. The van der Waals surface area contributed by atoms with Crippen LogP contribution < -0.4 is 10.1 Å². The standard InChI is InChI=1S/C17H24N4O.ClH/c1-20(14-7-10-18-11-8-14)13-15-9-12-19-21(15)16-5-3-4-6-17(16)22-2;/h3-6,9,12,14,18H,7-8,10-11,13H2,1-2H3;1H. The van der Waals surface area contributed by atoms with Crippen molar-refractivity contribution in [1.29, 1.82) is 0 Å². The zero-order valence-corrected chi connectivity index (χ0v) is 14.6. The van der Waals surface area contributed by atoms with Crippen molar-refractivity contribution < 1.29 is 4.74 Å². The summed E-state index contributed by atoms with van der Waals surface area (Å²) in [6.07, 6.45) is 4.27. The summed E-state index contributed by atoms with van der Waals surface area (Å²) in [6, 6.07) is 10.7. The fourth-order valence-electron chi connectivity index (χ4n) is 3.10. The number of rotatable bonds is 5. The molecule has 0 radical (unpaired) electrons. The van der Waals surface area contributed by atoms with Gasteiger partial charge in [0.25, 0.3) is 0 Å². The van der Waals surface area contributed by atoms with Crippen molar-refractivity contribution in [2.75, 3.05) is 27.2 Å². The summed E-state index contributed by atoms with van der Waals surface area (Å²) >= 11 is 0. The molecular formula is C17H25ClN4O. The Kier molecular flexibility index (Phi) is 6.45. The lowest BCUT2D eigenvalue weighted by Crippen LogP contribution is -2.41. The van der Waals surface area contributed by atoms with E-state index >= 15 is 0 Å². The lowest BCUT2D eigenvalue weighted by Gasteiger charge is -2.31. The van der Waals surface area contributed by atoms with Crippen LogP contribution in [0.25, 0.3) is 5.69 Å². The Morgan fingerprint density at radius 2 is 2.00 bits per heavy atom. The lowest BCUT2D eigenvalue weighted by molar-refractivity contribution is 0.188. The van der Waals surface area contributed by atoms with E-state index in [1.165, 1.54) is 18.5 Å². The predicted molar refractivity (Wildman–Crippen MR) is 94.7 cm³/mol. The molecular weight excluding hydrogens is 312 g/mol. The number of piperidine rings is 1. The number of para-hydroxylation sites is 2. The number of benzene rings is 1. The Morgan fingerprint density at radius 1 is 1.26 bits per heavy atom. The third-order valence-corrected chi connectivity index (χ3v) is 4.38. The van der Waals surface area contributed by atoms with Gasteiger partial charge in [0.1, 0.15) is 11.4 Å². The first-order valence-electron chi connectivity index (χ1n) is 7.87. The average Bonchev–Trinajstić information content (AvgIpc) is 3.03. The van der Waals surface area contributed by atoms with Gasteiger partial charge in [-0.15, -0.1) is 12.4 Å². The van der Waals surface area contributed by atoms with Gasteiger partial charge in [0, 0.05) is 18.8 Å². The maximum Gasteiger partial charge on any atom is 0.144 e. The first kappa shape index (κ1) is 17.8. The van der Waals surface area contributed by atoms with Crippen LogP contribution in [0, 0.1) is 0 Å². The molecule has 0 amide bonds. The minimum Gasteiger partial charge on any atom is -0.494 e. The molecule has 1 aromatic heterocycles. The van der Waals surface area contributed by atoms with E-state index in [4.69, 9.17) is 4.74 Å². The predicted octanol–water partition coefficient (Wildman–Crippen LogP) is 2.49. The van der Waals surface area contributed by atoms with E-state index in [2.05, 4.69) is 28.4 Å². The van der Waals surface area contributed by atoms with Crippen molar-refractivity contribution in [2.45, 2.75) is 25.4 Å². The van der Waals surface area contributed by atoms with Crippen molar-refractivity contribution in [3.8, 4) is 11.4 Å². The van der Waals surface area contributed by atoms with Gasteiger partial charge in [-0.1, -0.05) is 12.1 Å². The Morgan fingerprint density at radius 3 is 2.74 bits per heavy atom. The summed E-state index contributed by atoms with van der Waals surface area (Å²) in [6.45, 7) is 3.12. The smallest absolute Gasteiger partial charge is 0.144 e. The second kappa shape index (κ2) is 8.34. The molecule has 0 atom stereocenters. The maximum absolute atomic E-state index is 5.46. The Balaban J connectivity index is 0.00000192. The van der Waals surface area contributed by atoms with E-state index in [0.29, 0.717) is 6.04 Å². The van der Waals surface area contributed by atoms with Gasteiger partial charge in [0.05, 0.1) is 12.8 Å². The molecule has 0 spiro atoms. The van der Waals surface area contributed by atoms with Gasteiger partial charge in [0.15, 0.2) is 0 Å². The molecule has 5 nitrogen and oxygen atoms in total. The molecule has 0 bridgehead atoms. The molecule has 1 N–H and O–H groups in total. The van der Waals surface area contributed by atoms with Crippen LogP contribution in [-0.4, -0.2) is 48.0 Å². The molecule has 0 unspecified atom stereocenters. The largest absolute Gasteiger partial charge is 0.494 e. The van der Waals surface area contributed by atoms with Crippen molar-refractivity contribution in [1.82, 2.24) is 20.0 Å². The third-order valence-electron chi connectivity index (χ3n) is 4.38. The highest BCUT2D eigenvalue weighted by Crippen LogP contribution is 2.23. The molecule has 0 saturated carbocycles. The summed E-state index contributed by atoms with van der Waals surface area (Å²) in [5, 5.41) is 7.91. The van der Waals surface area contributed by atoms with Gasteiger partial charge in [-0.3, -0.25) is 4.90 Å². The number of hydrogen-bond acceptors (Lipinski definition) is 4. The van der Waals surface area contributed by atoms with Crippen molar-refractivity contribution in [3.05, 3.63) is 42.2 Å². The lowest BCUT2D eigenvalue weighted by atomic mass is 10.1. The van der Waals surface area contributed by atoms with Crippen LogP contribution in [0.4, 0.5) is 0 Å². The van der Waals surface area contributed by atoms with E-state index in [-0.39, 0.29) is 12.4 Å². The molecule has 1 fully saturated rings. The molecule has 1 saturated heterocycles. The molecule has 1 aromatic carbocycles. The normalized spacial score (nSPS) is 15.4. The summed E-state index contributed by atoms with van der Waals surface area (Å²) in [5.41, 5.74) is 2.18. The summed E-state index contributed by atoms with van der Waals surface area (Å²) in [5.74, 6) is 0.844. The van der Waals surface area contributed by atoms with E-state index in [9.17, 15) is 0 Å². The molecule has 3 rings (SSSR count). The number of ether oxygens (including phenoxy) is 1. The van der Waals surface area contributed by atoms with E-state index in [0.717, 1.165) is 31.1 Å². The number of methoxy groups -OCH3 is 1.